The zero-order valence-electron chi connectivity index (χ0n) is 18.6. The SMILES string of the molecule is CCOC(=O)c1cccc(NC(=O)COc2ccc(C34CC5CC(CC(C5)C3)C4)cc2)c1. The van der Waals surface area contributed by atoms with Crippen molar-refractivity contribution in [1.29, 1.82) is 0 Å². The summed E-state index contributed by atoms with van der Waals surface area (Å²) in [5.74, 6) is 2.79. The van der Waals surface area contributed by atoms with Crippen molar-refractivity contribution in [2.75, 3.05) is 18.5 Å². The van der Waals surface area contributed by atoms with Gasteiger partial charge >= 0.3 is 5.97 Å². The third-order valence-corrected chi connectivity index (χ3v) is 7.53. The van der Waals surface area contributed by atoms with Gasteiger partial charge in [0, 0.05) is 5.69 Å². The van der Waals surface area contributed by atoms with E-state index in [-0.39, 0.29) is 12.5 Å². The predicted molar refractivity (Wildman–Crippen MR) is 123 cm³/mol. The Morgan fingerprint density at radius 2 is 1.62 bits per heavy atom. The quantitative estimate of drug-likeness (QED) is 0.598. The van der Waals surface area contributed by atoms with Crippen molar-refractivity contribution in [3.63, 3.8) is 0 Å². The van der Waals surface area contributed by atoms with E-state index in [2.05, 4.69) is 17.4 Å². The van der Waals surface area contributed by atoms with Gasteiger partial charge in [-0.15, -0.1) is 0 Å². The highest BCUT2D eigenvalue weighted by molar-refractivity contribution is 5.95. The minimum atomic E-state index is -0.404. The van der Waals surface area contributed by atoms with Crippen molar-refractivity contribution in [3.05, 3.63) is 59.7 Å². The summed E-state index contributed by atoms with van der Waals surface area (Å²) in [5.41, 5.74) is 2.77. The first-order valence-electron chi connectivity index (χ1n) is 11.8. The second-order valence-electron chi connectivity index (χ2n) is 9.86. The van der Waals surface area contributed by atoms with E-state index in [1.165, 1.54) is 44.1 Å². The smallest absolute Gasteiger partial charge is 0.338 e. The number of anilines is 1. The number of hydrogen-bond donors (Lipinski definition) is 1. The first kappa shape index (κ1) is 21.0. The van der Waals surface area contributed by atoms with Crippen molar-refractivity contribution in [2.45, 2.75) is 50.9 Å². The molecule has 1 N–H and O–H groups in total. The fraction of sp³-hybridized carbons (Fsp3) is 0.481. The van der Waals surface area contributed by atoms with Crippen LogP contribution >= 0.6 is 0 Å². The number of nitrogens with one attached hydrogen (secondary N) is 1. The van der Waals surface area contributed by atoms with Gasteiger partial charge in [0.2, 0.25) is 0 Å². The molecule has 0 atom stereocenters. The Kier molecular flexibility index (Phi) is 5.66. The third kappa shape index (κ3) is 4.25. The van der Waals surface area contributed by atoms with Gasteiger partial charge in [-0.25, -0.2) is 4.79 Å². The Morgan fingerprint density at radius 3 is 2.25 bits per heavy atom. The number of carbonyl (C=O) groups is 2. The normalized spacial score (nSPS) is 27.7. The van der Waals surface area contributed by atoms with Crippen LogP contribution in [0.1, 0.15) is 61.4 Å². The Balaban J connectivity index is 1.17. The van der Waals surface area contributed by atoms with Gasteiger partial charge in [0.1, 0.15) is 5.75 Å². The molecule has 0 aromatic heterocycles. The van der Waals surface area contributed by atoms with Crippen LogP contribution in [0.3, 0.4) is 0 Å². The molecule has 4 saturated carbocycles. The van der Waals surface area contributed by atoms with Crippen LogP contribution in [0.2, 0.25) is 0 Å². The zero-order chi connectivity index (χ0) is 22.1. The standard InChI is InChI=1S/C27H31NO4/c1-2-31-26(30)21-4-3-5-23(13-21)28-25(29)17-32-24-8-6-22(7-9-24)27-14-18-10-19(15-27)12-20(11-18)16-27/h3-9,13,18-20H,2,10-12,14-17H2,1H3,(H,28,29). The Morgan fingerprint density at radius 1 is 0.969 bits per heavy atom. The van der Waals surface area contributed by atoms with Crippen LogP contribution in [0.4, 0.5) is 5.69 Å². The number of ether oxygens (including phenoxy) is 2. The summed E-state index contributed by atoms with van der Waals surface area (Å²) >= 11 is 0. The second-order valence-corrected chi connectivity index (χ2v) is 9.86. The number of carbonyl (C=O) groups excluding carboxylic acids is 2. The fourth-order valence-corrected chi connectivity index (χ4v) is 6.65. The second kappa shape index (κ2) is 8.61. The lowest BCUT2D eigenvalue weighted by molar-refractivity contribution is -0.118. The highest BCUT2D eigenvalue weighted by atomic mass is 16.5. The molecule has 0 radical (unpaired) electrons. The topological polar surface area (TPSA) is 64.6 Å². The third-order valence-electron chi connectivity index (χ3n) is 7.53. The number of rotatable bonds is 7. The molecule has 6 rings (SSSR count). The molecule has 0 aliphatic heterocycles. The number of benzene rings is 2. The van der Waals surface area contributed by atoms with Gasteiger partial charge in [0.05, 0.1) is 12.2 Å². The van der Waals surface area contributed by atoms with E-state index in [1.807, 2.05) is 12.1 Å². The largest absolute Gasteiger partial charge is 0.484 e. The lowest BCUT2D eigenvalue weighted by Crippen LogP contribution is -2.48. The van der Waals surface area contributed by atoms with E-state index in [0.29, 0.717) is 29.0 Å². The van der Waals surface area contributed by atoms with Gasteiger partial charge in [0.15, 0.2) is 6.61 Å². The molecule has 168 valence electrons. The van der Waals surface area contributed by atoms with E-state index >= 15 is 0 Å². The summed E-state index contributed by atoms with van der Waals surface area (Å²) in [5, 5.41) is 2.78. The zero-order valence-corrected chi connectivity index (χ0v) is 18.6. The van der Waals surface area contributed by atoms with Gasteiger partial charge in [-0.05, 0) is 105 Å². The minimum Gasteiger partial charge on any atom is -0.484 e. The molecule has 4 bridgehead atoms. The number of amides is 1. The van der Waals surface area contributed by atoms with Gasteiger partial charge in [0.25, 0.3) is 5.91 Å². The molecule has 0 spiro atoms. The van der Waals surface area contributed by atoms with Gasteiger partial charge in [-0.2, -0.15) is 0 Å². The monoisotopic (exact) mass is 433 g/mol. The van der Waals surface area contributed by atoms with Crippen molar-refractivity contribution in [1.82, 2.24) is 0 Å². The molecular formula is C27H31NO4. The molecule has 1 amide bonds. The van der Waals surface area contributed by atoms with Gasteiger partial charge < -0.3 is 14.8 Å². The molecule has 4 aliphatic carbocycles. The van der Waals surface area contributed by atoms with Crippen LogP contribution < -0.4 is 10.1 Å². The molecular weight excluding hydrogens is 402 g/mol. The van der Waals surface area contributed by atoms with Crippen molar-refractivity contribution in [2.24, 2.45) is 17.8 Å². The first-order valence-corrected chi connectivity index (χ1v) is 11.8. The van der Waals surface area contributed by atoms with Crippen LogP contribution in [0, 0.1) is 17.8 Å². The summed E-state index contributed by atoms with van der Waals surface area (Å²) in [6, 6.07) is 15.1. The maximum absolute atomic E-state index is 12.3. The average Bonchev–Trinajstić information content (AvgIpc) is 2.77. The van der Waals surface area contributed by atoms with E-state index in [4.69, 9.17) is 9.47 Å². The minimum absolute atomic E-state index is 0.0830. The lowest BCUT2D eigenvalue weighted by atomic mass is 9.48. The van der Waals surface area contributed by atoms with Crippen molar-refractivity contribution < 1.29 is 19.1 Å². The molecule has 32 heavy (non-hydrogen) atoms. The molecule has 0 saturated heterocycles. The fourth-order valence-electron chi connectivity index (χ4n) is 6.65. The molecule has 4 aliphatic rings. The maximum atomic E-state index is 12.3. The van der Waals surface area contributed by atoms with Gasteiger partial charge in [-0.3, -0.25) is 4.79 Å². The molecule has 0 heterocycles. The lowest BCUT2D eigenvalue weighted by Gasteiger charge is -2.57. The number of esters is 1. The molecule has 2 aromatic carbocycles. The Hall–Kier alpha value is -2.82. The van der Waals surface area contributed by atoms with Crippen LogP contribution in [0.5, 0.6) is 5.75 Å². The van der Waals surface area contributed by atoms with Crippen LogP contribution in [0.25, 0.3) is 0 Å². The van der Waals surface area contributed by atoms with Crippen molar-refractivity contribution in [3.8, 4) is 5.75 Å². The summed E-state index contributed by atoms with van der Waals surface area (Å²) in [6.07, 6.45) is 8.35. The van der Waals surface area contributed by atoms with E-state index in [0.717, 1.165) is 17.8 Å². The summed E-state index contributed by atoms with van der Waals surface area (Å²) in [4.78, 5) is 24.2. The molecule has 4 fully saturated rings. The van der Waals surface area contributed by atoms with Crippen LogP contribution in [0.15, 0.2) is 48.5 Å². The first-order chi connectivity index (χ1) is 15.5. The average molecular weight is 434 g/mol. The predicted octanol–water partition coefficient (Wildman–Crippen LogP) is 5.35. The maximum Gasteiger partial charge on any atom is 0.338 e. The molecule has 2 aromatic rings. The molecule has 5 nitrogen and oxygen atoms in total. The number of hydrogen-bond acceptors (Lipinski definition) is 4. The Bertz CT molecular complexity index is 962. The van der Waals surface area contributed by atoms with Gasteiger partial charge in [-0.1, -0.05) is 18.2 Å². The van der Waals surface area contributed by atoms with E-state index in [9.17, 15) is 9.59 Å². The molecule has 5 heteroatoms. The summed E-state index contributed by atoms with van der Waals surface area (Å²) in [7, 11) is 0. The summed E-state index contributed by atoms with van der Waals surface area (Å²) in [6.45, 7) is 1.99. The van der Waals surface area contributed by atoms with Crippen molar-refractivity contribution >= 4 is 17.6 Å². The Labute approximate surface area is 189 Å². The highest BCUT2D eigenvalue weighted by Gasteiger charge is 2.51. The van der Waals surface area contributed by atoms with E-state index < -0.39 is 5.97 Å². The highest BCUT2D eigenvalue weighted by Crippen LogP contribution is 2.60. The van der Waals surface area contributed by atoms with Crippen LogP contribution in [-0.2, 0) is 14.9 Å². The van der Waals surface area contributed by atoms with Crippen LogP contribution in [-0.4, -0.2) is 25.1 Å². The van der Waals surface area contributed by atoms with E-state index in [1.54, 1.807) is 31.2 Å². The molecule has 0 unspecified atom stereocenters. The summed E-state index contributed by atoms with van der Waals surface area (Å²) < 4.78 is 10.7.